The minimum atomic E-state index is -4.00. The van der Waals surface area contributed by atoms with E-state index < -0.39 is 19.9 Å². The van der Waals surface area contributed by atoms with Crippen LogP contribution in [-0.4, -0.2) is 23.9 Å². The van der Waals surface area contributed by atoms with Crippen LogP contribution in [0.15, 0.2) is 81.4 Å². The zero-order valence-corrected chi connectivity index (χ0v) is 17.3. The van der Waals surface area contributed by atoms with Gasteiger partial charge in [-0.15, -0.1) is 0 Å². The van der Waals surface area contributed by atoms with E-state index in [4.69, 9.17) is 14.6 Å². The molecule has 0 amide bonds. The number of primary sulfonamides is 1. The molecular weight excluding hydrogens is 414 g/mol. The van der Waals surface area contributed by atoms with Gasteiger partial charge in [0.15, 0.2) is 0 Å². The van der Waals surface area contributed by atoms with Crippen LogP contribution < -0.4 is 14.6 Å². The normalized spacial score (nSPS) is 11.8. The van der Waals surface area contributed by atoms with Gasteiger partial charge in [-0.05, 0) is 55.5 Å². The summed E-state index contributed by atoms with van der Waals surface area (Å²) in [7, 11) is -6.32. The van der Waals surface area contributed by atoms with Gasteiger partial charge in [0.1, 0.15) is 22.1 Å². The highest BCUT2D eigenvalue weighted by atomic mass is 32.2. The second kappa shape index (κ2) is 7.86. The third-order valence-corrected chi connectivity index (χ3v) is 6.86. The predicted molar refractivity (Wildman–Crippen MR) is 108 cm³/mol. The average Bonchev–Trinajstić information content (AvgIpc) is 2.68. The van der Waals surface area contributed by atoms with Crippen molar-refractivity contribution in [3.05, 3.63) is 72.3 Å². The van der Waals surface area contributed by atoms with Crippen molar-refractivity contribution >= 4 is 19.9 Å². The highest BCUT2D eigenvalue weighted by Crippen LogP contribution is 2.31. The van der Waals surface area contributed by atoms with Gasteiger partial charge >= 0.3 is 0 Å². The van der Waals surface area contributed by atoms with E-state index in [1.165, 1.54) is 49.6 Å². The number of hydrogen-bond acceptors (Lipinski definition) is 6. The smallest absolute Gasteiger partial charge is 0.241 e. The summed E-state index contributed by atoms with van der Waals surface area (Å²) >= 11 is 0. The molecule has 0 aliphatic heterocycles. The number of methoxy groups -OCH3 is 1. The van der Waals surface area contributed by atoms with Gasteiger partial charge in [-0.1, -0.05) is 17.7 Å². The first-order valence-corrected chi connectivity index (χ1v) is 11.4. The van der Waals surface area contributed by atoms with Crippen LogP contribution in [0.5, 0.6) is 17.2 Å². The van der Waals surface area contributed by atoms with Crippen molar-refractivity contribution in [2.45, 2.75) is 21.6 Å². The van der Waals surface area contributed by atoms with Gasteiger partial charge < -0.3 is 9.47 Å². The molecule has 152 valence electrons. The summed E-state index contributed by atoms with van der Waals surface area (Å²) in [5, 5.41) is 5.20. The third kappa shape index (κ3) is 4.58. The lowest BCUT2D eigenvalue weighted by molar-refractivity contribution is 0.400. The molecule has 0 aliphatic rings. The second-order valence-electron chi connectivity index (χ2n) is 6.25. The van der Waals surface area contributed by atoms with E-state index in [0.717, 1.165) is 5.56 Å². The summed E-state index contributed by atoms with van der Waals surface area (Å²) < 4.78 is 59.4. The zero-order chi connectivity index (χ0) is 21.2. The van der Waals surface area contributed by atoms with Crippen LogP contribution in [0.3, 0.4) is 0 Å². The van der Waals surface area contributed by atoms with Crippen molar-refractivity contribution in [2.24, 2.45) is 5.14 Å². The molecule has 0 saturated carbocycles. The van der Waals surface area contributed by atoms with E-state index in [1.54, 1.807) is 24.3 Å². The molecule has 9 heteroatoms. The first-order valence-electron chi connectivity index (χ1n) is 8.42. The number of aryl methyl sites for hydroxylation is 1. The third-order valence-electron chi connectivity index (χ3n) is 4.14. The Morgan fingerprint density at radius 2 is 1.28 bits per heavy atom. The van der Waals surface area contributed by atoms with Crippen molar-refractivity contribution in [2.75, 3.05) is 7.11 Å². The van der Waals surface area contributed by atoms with E-state index in [-0.39, 0.29) is 26.2 Å². The van der Waals surface area contributed by atoms with Crippen molar-refractivity contribution in [3.63, 3.8) is 0 Å². The quantitative estimate of drug-likeness (QED) is 0.638. The Balaban J connectivity index is 1.87. The Labute approximate surface area is 169 Å². The maximum atomic E-state index is 12.7. The SMILES string of the molecule is COc1ccc(Oc2ccc(S(=O)(=O)c3ccc(C)cc3)cc2)cc1S(N)(=O)=O. The van der Waals surface area contributed by atoms with Gasteiger partial charge in [0.05, 0.1) is 16.9 Å². The minimum absolute atomic E-state index is 0.0967. The minimum Gasteiger partial charge on any atom is -0.495 e. The maximum Gasteiger partial charge on any atom is 0.241 e. The molecular formula is C20H19NO6S2. The van der Waals surface area contributed by atoms with Gasteiger partial charge in [-0.3, -0.25) is 0 Å². The summed E-state index contributed by atoms with van der Waals surface area (Å²) in [6, 6.07) is 16.6. The fourth-order valence-electron chi connectivity index (χ4n) is 2.62. The Morgan fingerprint density at radius 1 is 0.759 bits per heavy atom. The number of nitrogens with two attached hydrogens (primary N) is 1. The molecule has 29 heavy (non-hydrogen) atoms. The van der Waals surface area contributed by atoms with Gasteiger partial charge in [0.2, 0.25) is 19.9 Å². The molecule has 2 N–H and O–H groups in total. The standard InChI is InChI=1S/C20H19NO6S2/c1-14-3-8-17(9-4-14)28(22,23)18-10-5-15(6-11-18)27-16-7-12-19(26-2)20(13-16)29(21,24)25/h3-13H,1-2H3,(H2,21,24,25). The topological polar surface area (TPSA) is 113 Å². The molecule has 0 aliphatic carbocycles. The molecule has 0 radical (unpaired) electrons. The molecule has 7 nitrogen and oxygen atoms in total. The summed E-state index contributed by atoms with van der Waals surface area (Å²) in [5.41, 5.74) is 0.964. The van der Waals surface area contributed by atoms with Crippen LogP contribution in [0.4, 0.5) is 0 Å². The molecule has 0 atom stereocenters. The van der Waals surface area contributed by atoms with Crippen molar-refractivity contribution in [1.29, 1.82) is 0 Å². The van der Waals surface area contributed by atoms with Crippen LogP contribution in [-0.2, 0) is 19.9 Å². The molecule has 0 aromatic heterocycles. The van der Waals surface area contributed by atoms with Crippen LogP contribution >= 0.6 is 0 Å². The highest BCUT2D eigenvalue weighted by Gasteiger charge is 2.18. The monoisotopic (exact) mass is 433 g/mol. The van der Waals surface area contributed by atoms with Gasteiger partial charge in [0.25, 0.3) is 0 Å². The van der Waals surface area contributed by atoms with E-state index in [2.05, 4.69) is 0 Å². The number of sulfonamides is 1. The van der Waals surface area contributed by atoms with Crippen molar-refractivity contribution < 1.29 is 26.3 Å². The summed E-state index contributed by atoms with van der Waals surface area (Å²) in [6.07, 6.45) is 0. The molecule has 0 spiro atoms. The molecule has 0 bridgehead atoms. The lowest BCUT2D eigenvalue weighted by atomic mass is 10.2. The summed E-state index contributed by atoms with van der Waals surface area (Å²) in [4.78, 5) is 0.106. The Kier molecular flexibility index (Phi) is 5.65. The molecule has 3 aromatic rings. The summed E-state index contributed by atoms with van der Waals surface area (Å²) in [5.74, 6) is 0.641. The second-order valence-corrected chi connectivity index (χ2v) is 9.73. The molecule has 3 aromatic carbocycles. The van der Waals surface area contributed by atoms with Crippen LogP contribution in [0, 0.1) is 6.92 Å². The largest absolute Gasteiger partial charge is 0.495 e. The predicted octanol–water partition coefficient (Wildman–Crippen LogP) is 3.28. The van der Waals surface area contributed by atoms with E-state index >= 15 is 0 Å². The zero-order valence-electron chi connectivity index (χ0n) is 15.7. The molecule has 0 unspecified atom stereocenters. The Bertz CT molecular complexity index is 1230. The average molecular weight is 434 g/mol. The van der Waals surface area contributed by atoms with Gasteiger partial charge in [-0.25, -0.2) is 22.0 Å². The number of hydrogen-bond donors (Lipinski definition) is 1. The Hall–Kier alpha value is -2.88. The van der Waals surface area contributed by atoms with Gasteiger partial charge in [-0.2, -0.15) is 0 Å². The lowest BCUT2D eigenvalue weighted by Crippen LogP contribution is -2.13. The van der Waals surface area contributed by atoms with Gasteiger partial charge in [0, 0.05) is 6.07 Å². The van der Waals surface area contributed by atoms with E-state index in [0.29, 0.717) is 5.75 Å². The number of ether oxygens (including phenoxy) is 2. The van der Waals surface area contributed by atoms with E-state index in [1.807, 2.05) is 6.92 Å². The van der Waals surface area contributed by atoms with Crippen LogP contribution in [0.25, 0.3) is 0 Å². The van der Waals surface area contributed by atoms with E-state index in [9.17, 15) is 16.8 Å². The van der Waals surface area contributed by atoms with Crippen LogP contribution in [0.1, 0.15) is 5.56 Å². The number of rotatable bonds is 6. The fourth-order valence-corrected chi connectivity index (χ4v) is 4.59. The Morgan fingerprint density at radius 3 is 1.79 bits per heavy atom. The molecule has 0 saturated heterocycles. The first-order chi connectivity index (χ1) is 13.6. The van der Waals surface area contributed by atoms with Crippen LogP contribution in [0.2, 0.25) is 0 Å². The maximum absolute atomic E-state index is 12.7. The van der Waals surface area contributed by atoms with Crippen molar-refractivity contribution in [1.82, 2.24) is 0 Å². The highest BCUT2D eigenvalue weighted by molar-refractivity contribution is 7.91. The summed E-state index contributed by atoms with van der Waals surface area (Å²) in [6.45, 7) is 1.88. The van der Waals surface area contributed by atoms with Crippen molar-refractivity contribution in [3.8, 4) is 17.2 Å². The molecule has 3 rings (SSSR count). The first kappa shape index (κ1) is 20.8. The number of benzene rings is 3. The fraction of sp³-hybridized carbons (Fsp3) is 0.100. The lowest BCUT2D eigenvalue weighted by Gasteiger charge is -2.11. The number of sulfone groups is 1. The molecule has 0 fully saturated rings. The molecule has 0 heterocycles.